The van der Waals surface area contributed by atoms with Crippen LogP contribution in [0.1, 0.15) is 25.8 Å². The Hall–Kier alpha value is -1.10. The number of nitrogens with zero attached hydrogens (tertiary/aromatic N) is 1. The van der Waals surface area contributed by atoms with Crippen LogP contribution in [0.2, 0.25) is 0 Å². The number of nitrogens with two attached hydrogens (primary N) is 1. The maximum atomic E-state index is 10.5. The van der Waals surface area contributed by atoms with Crippen LogP contribution in [0.5, 0.6) is 0 Å². The molecule has 5 nitrogen and oxygen atoms in total. The molecule has 1 atom stereocenters. The van der Waals surface area contributed by atoms with Gasteiger partial charge in [0.1, 0.15) is 0 Å². The van der Waals surface area contributed by atoms with Crippen LogP contribution < -0.4 is 11.4 Å². The van der Waals surface area contributed by atoms with E-state index in [9.17, 15) is 4.79 Å². The first-order chi connectivity index (χ1) is 5.11. The Morgan fingerprint density at radius 1 is 1.64 bits per heavy atom. The number of aromatic amines is 1. The Morgan fingerprint density at radius 3 is 2.64 bits per heavy atom. The first kappa shape index (κ1) is 8.00. The largest absolute Gasteiger partial charge is 0.377 e. The molecule has 11 heavy (non-hydrogen) atoms. The number of hydrogen-bond donors (Lipinski definition) is 2. The highest BCUT2D eigenvalue weighted by Gasteiger charge is 2.15. The molecule has 0 spiro atoms. The van der Waals surface area contributed by atoms with E-state index < -0.39 is 5.69 Å². The van der Waals surface area contributed by atoms with Crippen molar-refractivity contribution in [1.82, 2.24) is 10.1 Å². The maximum absolute atomic E-state index is 10.5. The van der Waals surface area contributed by atoms with Crippen molar-refractivity contribution in [3.8, 4) is 0 Å². The van der Waals surface area contributed by atoms with Gasteiger partial charge in [-0.2, -0.15) is 10.1 Å². The molecule has 0 fully saturated rings. The summed E-state index contributed by atoms with van der Waals surface area (Å²) < 4.78 is 4.71. The van der Waals surface area contributed by atoms with Crippen molar-refractivity contribution in [3.63, 3.8) is 0 Å². The van der Waals surface area contributed by atoms with Gasteiger partial charge in [0.25, 0.3) is 0 Å². The molecule has 1 heterocycles. The summed E-state index contributed by atoms with van der Waals surface area (Å²) in [7, 11) is 0. The minimum absolute atomic E-state index is 0.210. The molecule has 0 radical (unpaired) electrons. The van der Waals surface area contributed by atoms with Gasteiger partial charge in [0.05, 0.1) is 6.04 Å². The Kier molecular flexibility index (Phi) is 2.09. The first-order valence-corrected chi connectivity index (χ1v) is 3.42. The Morgan fingerprint density at radius 2 is 2.27 bits per heavy atom. The van der Waals surface area contributed by atoms with Crippen LogP contribution in [0.15, 0.2) is 9.32 Å². The van der Waals surface area contributed by atoms with Crippen LogP contribution in [0.3, 0.4) is 0 Å². The zero-order valence-corrected chi connectivity index (χ0v) is 6.50. The van der Waals surface area contributed by atoms with Crippen molar-refractivity contribution >= 4 is 0 Å². The standard InChI is InChI=1S/C6H11N3O2/c1-3(2)4(7)5-8-6(10)9-11-5/h3-4H,7H2,1-2H3,(H,9,10)/t4-/m0/s1. The summed E-state index contributed by atoms with van der Waals surface area (Å²) in [5, 5.41) is 2.08. The first-order valence-electron chi connectivity index (χ1n) is 3.42. The molecule has 0 aliphatic heterocycles. The van der Waals surface area contributed by atoms with Crippen LogP contribution in [0.4, 0.5) is 0 Å². The van der Waals surface area contributed by atoms with Gasteiger partial charge in [-0.25, -0.2) is 4.79 Å². The molecule has 1 aromatic heterocycles. The lowest BCUT2D eigenvalue weighted by Gasteiger charge is -2.08. The molecule has 0 aromatic carbocycles. The fourth-order valence-corrected chi connectivity index (χ4v) is 0.669. The Balaban J connectivity index is 2.84. The second-order valence-corrected chi connectivity index (χ2v) is 2.73. The Labute approximate surface area is 63.6 Å². The summed E-state index contributed by atoms with van der Waals surface area (Å²) in [4.78, 5) is 14.0. The maximum Gasteiger partial charge on any atom is 0.377 e. The molecule has 3 N–H and O–H groups in total. The van der Waals surface area contributed by atoms with E-state index in [1.165, 1.54) is 0 Å². The average Bonchev–Trinajstić information content (AvgIpc) is 2.34. The van der Waals surface area contributed by atoms with E-state index in [-0.39, 0.29) is 17.9 Å². The molecule has 0 aliphatic rings. The lowest BCUT2D eigenvalue weighted by atomic mass is 10.1. The van der Waals surface area contributed by atoms with E-state index >= 15 is 0 Å². The van der Waals surface area contributed by atoms with Crippen molar-refractivity contribution in [2.24, 2.45) is 11.7 Å². The third kappa shape index (κ3) is 1.68. The van der Waals surface area contributed by atoms with Crippen LogP contribution in [0.25, 0.3) is 0 Å². The lowest BCUT2D eigenvalue weighted by Crippen LogP contribution is -2.18. The topological polar surface area (TPSA) is 84.9 Å². The monoisotopic (exact) mass is 157 g/mol. The zero-order valence-electron chi connectivity index (χ0n) is 6.50. The van der Waals surface area contributed by atoms with Gasteiger partial charge in [0.2, 0.25) is 5.89 Å². The molecular formula is C6H11N3O2. The minimum atomic E-state index is -0.490. The molecule has 0 saturated carbocycles. The molecule has 1 rings (SSSR count). The molecular weight excluding hydrogens is 146 g/mol. The van der Waals surface area contributed by atoms with Crippen molar-refractivity contribution in [2.75, 3.05) is 0 Å². The third-order valence-electron chi connectivity index (χ3n) is 1.46. The molecule has 0 unspecified atom stereocenters. The molecule has 0 saturated heterocycles. The van der Waals surface area contributed by atoms with E-state index in [0.717, 1.165) is 0 Å². The van der Waals surface area contributed by atoms with Gasteiger partial charge < -0.3 is 10.3 Å². The second-order valence-electron chi connectivity index (χ2n) is 2.73. The van der Waals surface area contributed by atoms with Crippen molar-refractivity contribution < 1.29 is 4.52 Å². The lowest BCUT2D eigenvalue weighted by molar-refractivity contribution is 0.322. The van der Waals surface area contributed by atoms with Gasteiger partial charge in [-0.05, 0) is 5.92 Å². The van der Waals surface area contributed by atoms with E-state index in [1.54, 1.807) is 0 Å². The second kappa shape index (κ2) is 2.87. The summed E-state index contributed by atoms with van der Waals surface area (Å²) in [6.45, 7) is 3.86. The third-order valence-corrected chi connectivity index (χ3v) is 1.46. The van der Waals surface area contributed by atoms with Crippen molar-refractivity contribution in [2.45, 2.75) is 19.9 Å². The smallest absolute Gasteiger partial charge is 0.360 e. The molecule has 62 valence electrons. The highest BCUT2D eigenvalue weighted by Crippen LogP contribution is 2.13. The summed E-state index contributed by atoms with van der Waals surface area (Å²) in [5.74, 6) is 0.478. The van der Waals surface area contributed by atoms with Crippen LogP contribution in [-0.2, 0) is 0 Å². The molecule has 0 amide bonds. The van der Waals surface area contributed by atoms with Crippen LogP contribution in [-0.4, -0.2) is 10.1 Å². The van der Waals surface area contributed by atoms with Gasteiger partial charge in [0.15, 0.2) is 0 Å². The van der Waals surface area contributed by atoms with Crippen molar-refractivity contribution in [3.05, 3.63) is 16.4 Å². The van der Waals surface area contributed by atoms with Gasteiger partial charge in [-0.15, -0.1) is 0 Å². The fraction of sp³-hybridized carbons (Fsp3) is 0.667. The molecule has 5 heteroatoms. The Bertz CT molecular complexity index is 275. The van der Waals surface area contributed by atoms with Crippen molar-refractivity contribution in [1.29, 1.82) is 0 Å². The zero-order chi connectivity index (χ0) is 8.43. The van der Waals surface area contributed by atoms with E-state index in [1.807, 2.05) is 13.8 Å². The summed E-state index contributed by atoms with van der Waals surface area (Å²) in [5.41, 5.74) is 5.15. The number of rotatable bonds is 2. The average molecular weight is 157 g/mol. The van der Waals surface area contributed by atoms with Gasteiger partial charge in [0, 0.05) is 0 Å². The highest BCUT2D eigenvalue weighted by molar-refractivity contribution is 4.86. The van der Waals surface area contributed by atoms with E-state index in [0.29, 0.717) is 0 Å². The SMILES string of the molecule is CC(C)[C@H](N)c1nc(=O)[nH]o1. The predicted octanol–water partition coefficient (Wildman–Crippen LogP) is 0.0187. The van der Waals surface area contributed by atoms with E-state index in [4.69, 9.17) is 10.3 Å². The van der Waals surface area contributed by atoms with Gasteiger partial charge in [-0.3, -0.25) is 0 Å². The van der Waals surface area contributed by atoms with Crippen LogP contribution >= 0.6 is 0 Å². The molecule has 0 aliphatic carbocycles. The summed E-state index contributed by atoms with van der Waals surface area (Å²) in [6, 6.07) is -0.311. The number of nitrogens with one attached hydrogen (secondary N) is 1. The summed E-state index contributed by atoms with van der Waals surface area (Å²) in [6.07, 6.45) is 0. The van der Waals surface area contributed by atoms with Gasteiger partial charge in [-0.1, -0.05) is 13.8 Å². The van der Waals surface area contributed by atoms with E-state index in [2.05, 4.69) is 10.1 Å². The number of hydrogen-bond acceptors (Lipinski definition) is 4. The van der Waals surface area contributed by atoms with Crippen LogP contribution in [0, 0.1) is 5.92 Å². The highest BCUT2D eigenvalue weighted by atomic mass is 16.5. The molecule has 0 bridgehead atoms. The quantitative estimate of drug-likeness (QED) is 0.633. The minimum Gasteiger partial charge on any atom is -0.360 e. The number of H-pyrrole nitrogens is 1. The summed E-state index contributed by atoms with van der Waals surface area (Å²) >= 11 is 0. The molecule has 1 aromatic rings. The van der Waals surface area contributed by atoms with Gasteiger partial charge >= 0.3 is 5.69 Å². The fourth-order valence-electron chi connectivity index (χ4n) is 0.669. The number of aromatic nitrogens is 2. The normalized spacial score (nSPS) is 13.8. The predicted molar refractivity (Wildman–Crippen MR) is 38.9 cm³/mol.